The van der Waals surface area contributed by atoms with Gasteiger partial charge in [0.1, 0.15) is 12.6 Å². The quantitative estimate of drug-likeness (QED) is 0.269. The average Bonchev–Trinajstić information content (AvgIpc) is 2.93. The highest BCUT2D eigenvalue weighted by molar-refractivity contribution is 7.92. The number of sulfonamides is 1. The predicted octanol–water partition coefficient (Wildman–Crippen LogP) is 6.14. The molecule has 0 fully saturated rings. The molecule has 0 bridgehead atoms. The summed E-state index contributed by atoms with van der Waals surface area (Å²) in [6, 6.07) is 17.5. The van der Waals surface area contributed by atoms with E-state index in [1.54, 1.807) is 61.5 Å². The van der Waals surface area contributed by atoms with Crippen LogP contribution in [-0.2, 0) is 26.2 Å². The van der Waals surface area contributed by atoms with E-state index in [-0.39, 0.29) is 23.0 Å². The van der Waals surface area contributed by atoms with Crippen LogP contribution in [0.1, 0.15) is 43.4 Å². The van der Waals surface area contributed by atoms with Gasteiger partial charge >= 0.3 is 0 Å². The molecule has 0 unspecified atom stereocenters. The highest BCUT2D eigenvalue weighted by atomic mass is 35.5. The highest BCUT2D eigenvalue weighted by Crippen LogP contribution is 2.31. The Morgan fingerprint density at radius 2 is 1.57 bits per heavy atom. The van der Waals surface area contributed by atoms with Crippen molar-refractivity contribution in [2.75, 3.05) is 17.4 Å². The maximum absolute atomic E-state index is 14.1. The van der Waals surface area contributed by atoms with Crippen LogP contribution in [0.2, 0.25) is 10.0 Å². The number of anilines is 1. The number of nitrogens with zero attached hydrogens (tertiary/aromatic N) is 2. The third kappa shape index (κ3) is 7.56. The number of amides is 2. The Balaban J connectivity index is 2.09. The first kappa shape index (κ1) is 31.5. The summed E-state index contributed by atoms with van der Waals surface area (Å²) < 4.78 is 29.1. The third-order valence-corrected chi connectivity index (χ3v) is 9.03. The lowest BCUT2D eigenvalue weighted by Gasteiger charge is -2.33. The van der Waals surface area contributed by atoms with E-state index >= 15 is 0 Å². The van der Waals surface area contributed by atoms with E-state index in [9.17, 15) is 18.0 Å². The first-order chi connectivity index (χ1) is 19.0. The van der Waals surface area contributed by atoms with Gasteiger partial charge in [0, 0.05) is 23.1 Å². The van der Waals surface area contributed by atoms with E-state index < -0.39 is 28.5 Å². The SMILES string of the molecule is CCCNC(=O)[C@@H](CC)N(Cc1ccc(Cl)cc1)C(=O)CN(c1cccc(Cl)c1C)S(=O)(=O)c1ccc(C)cc1. The number of halogens is 2. The minimum absolute atomic E-state index is 0.0438. The highest BCUT2D eigenvalue weighted by Gasteiger charge is 2.34. The lowest BCUT2D eigenvalue weighted by molar-refractivity contribution is -0.140. The molecular formula is C30H35Cl2N3O4S. The summed E-state index contributed by atoms with van der Waals surface area (Å²) >= 11 is 12.4. The summed E-state index contributed by atoms with van der Waals surface area (Å²) in [6.45, 7) is 7.37. The molecule has 7 nitrogen and oxygen atoms in total. The van der Waals surface area contributed by atoms with Gasteiger partial charge < -0.3 is 10.2 Å². The normalized spacial score (nSPS) is 12.1. The van der Waals surface area contributed by atoms with Crippen molar-refractivity contribution < 1.29 is 18.0 Å². The maximum atomic E-state index is 14.1. The van der Waals surface area contributed by atoms with Gasteiger partial charge in [-0.2, -0.15) is 0 Å². The second-order valence-electron chi connectivity index (χ2n) is 9.57. The van der Waals surface area contributed by atoms with Crippen LogP contribution < -0.4 is 9.62 Å². The number of carbonyl (C=O) groups excluding carboxylic acids is 2. The fraction of sp³-hybridized carbons (Fsp3) is 0.333. The Labute approximate surface area is 247 Å². The molecule has 0 aliphatic rings. The molecule has 0 heterocycles. The predicted molar refractivity (Wildman–Crippen MR) is 161 cm³/mol. The molecule has 0 aromatic heterocycles. The van der Waals surface area contributed by atoms with E-state index in [2.05, 4.69) is 5.32 Å². The van der Waals surface area contributed by atoms with Crippen LogP contribution in [0.3, 0.4) is 0 Å². The molecule has 3 aromatic rings. The lowest BCUT2D eigenvalue weighted by Crippen LogP contribution is -2.52. The van der Waals surface area contributed by atoms with Gasteiger partial charge in [0.2, 0.25) is 11.8 Å². The molecule has 1 N–H and O–H groups in total. The average molecular weight is 605 g/mol. The van der Waals surface area contributed by atoms with Crippen molar-refractivity contribution in [3.8, 4) is 0 Å². The summed E-state index contributed by atoms with van der Waals surface area (Å²) in [6.07, 6.45) is 1.08. The van der Waals surface area contributed by atoms with Gasteiger partial charge in [-0.1, -0.05) is 72.9 Å². The van der Waals surface area contributed by atoms with Gasteiger partial charge in [-0.05, 0) is 74.2 Å². The molecule has 2 amide bonds. The molecule has 0 aliphatic carbocycles. The van der Waals surface area contributed by atoms with Crippen LogP contribution in [-0.4, -0.2) is 44.3 Å². The Morgan fingerprint density at radius 3 is 2.17 bits per heavy atom. The van der Waals surface area contributed by atoms with Gasteiger partial charge in [0.15, 0.2) is 0 Å². The Bertz CT molecular complexity index is 1430. The Morgan fingerprint density at radius 1 is 0.925 bits per heavy atom. The minimum Gasteiger partial charge on any atom is -0.354 e. The largest absolute Gasteiger partial charge is 0.354 e. The summed E-state index contributed by atoms with van der Waals surface area (Å²) in [7, 11) is -4.17. The first-order valence-corrected chi connectivity index (χ1v) is 15.3. The zero-order valence-corrected chi connectivity index (χ0v) is 25.5. The fourth-order valence-electron chi connectivity index (χ4n) is 4.29. The van der Waals surface area contributed by atoms with Crippen LogP contribution in [0.15, 0.2) is 71.6 Å². The summed E-state index contributed by atoms with van der Waals surface area (Å²) in [5.41, 5.74) is 2.46. The molecule has 0 radical (unpaired) electrons. The van der Waals surface area contributed by atoms with Gasteiger partial charge in [-0.3, -0.25) is 13.9 Å². The molecule has 3 rings (SSSR count). The zero-order chi connectivity index (χ0) is 29.4. The van der Waals surface area contributed by atoms with Crippen molar-refractivity contribution in [1.82, 2.24) is 10.2 Å². The summed E-state index contributed by atoms with van der Waals surface area (Å²) in [5, 5.41) is 3.79. The van der Waals surface area contributed by atoms with Crippen molar-refractivity contribution in [1.29, 1.82) is 0 Å². The molecule has 0 aliphatic heterocycles. The van der Waals surface area contributed by atoms with E-state index in [0.717, 1.165) is 21.9 Å². The van der Waals surface area contributed by atoms with Gasteiger partial charge in [0.05, 0.1) is 10.6 Å². The second-order valence-corrected chi connectivity index (χ2v) is 12.3. The molecule has 214 valence electrons. The molecule has 0 saturated heterocycles. The minimum atomic E-state index is -4.17. The summed E-state index contributed by atoms with van der Waals surface area (Å²) in [5.74, 6) is -0.818. The van der Waals surface area contributed by atoms with Crippen LogP contribution in [0, 0.1) is 13.8 Å². The van der Waals surface area contributed by atoms with Gasteiger partial charge in [0.25, 0.3) is 10.0 Å². The smallest absolute Gasteiger partial charge is 0.264 e. The van der Waals surface area contributed by atoms with E-state index in [1.165, 1.54) is 17.0 Å². The number of carbonyl (C=O) groups is 2. The number of nitrogens with one attached hydrogen (secondary N) is 1. The molecule has 10 heteroatoms. The number of rotatable bonds is 12. The van der Waals surface area contributed by atoms with E-state index in [1.807, 2.05) is 20.8 Å². The van der Waals surface area contributed by atoms with Crippen molar-refractivity contribution >= 4 is 50.7 Å². The van der Waals surface area contributed by atoms with Crippen LogP contribution in [0.5, 0.6) is 0 Å². The molecular weight excluding hydrogens is 569 g/mol. The van der Waals surface area contributed by atoms with E-state index in [4.69, 9.17) is 23.2 Å². The molecule has 0 spiro atoms. The topological polar surface area (TPSA) is 86.8 Å². The van der Waals surface area contributed by atoms with Crippen LogP contribution >= 0.6 is 23.2 Å². The fourth-order valence-corrected chi connectivity index (χ4v) is 6.06. The third-order valence-electron chi connectivity index (χ3n) is 6.60. The van der Waals surface area contributed by atoms with Gasteiger partial charge in [-0.25, -0.2) is 8.42 Å². The van der Waals surface area contributed by atoms with Crippen molar-refractivity contribution in [2.45, 2.75) is 58.0 Å². The Kier molecular flexibility index (Phi) is 11.0. The Hall–Kier alpha value is -3.07. The number of aryl methyl sites for hydroxylation is 1. The summed E-state index contributed by atoms with van der Waals surface area (Å²) in [4.78, 5) is 28.7. The number of hydrogen-bond acceptors (Lipinski definition) is 4. The number of hydrogen-bond donors (Lipinski definition) is 1. The lowest BCUT2D eigenvalue weighted by atomic mass is 10.1. The van der Waals surface area contributed by atoms with Crippen LogP contribution in [0.25, 0.3) is 0 Å². The maximum Gasteiger partial charge on any atom is 0.264 e. The van der Waals surface area contributed by atoms with Crippen molar-refractivity contribution in [3.05, 3.63) is 93.5 Å². The van der Waals surface area contributed by atoms with E-state index in [0.29, 0.717) is 28.6 Å². The zero-order valence-electron chi connectivity index (χ0n) is 23.2. The molecule has 3 aromatic carbocycles. The van der Waals surface area contributed by atoms with Gasteiger partial charge in [-0.15, -0.1) is 0 Å². The number of benzene rings is 3. The van der Waals surface area contributed by atoms with Crippen molar-refractivity contribution in [2.24, 2.45) is 0 Å². The monoisotopic (exact) mass is 603 g/mol. The molecule has 1 atom stereocenters. The van der Waals surface area contributed by atoms with Crippen molar-refractivity contribution in [3.63, 3.8) is 0 Å². The molecule has 40 heavy (non-hydrogen) atoms. The first-order valence-electron chi connectivity index (χ1n) is 13.2. The molecule has 0 saturated carbocycles. The van der Waals surface area contributed by atoms with Crippen LogP contribution in [0.4, 0.5) is 5.69 Å². The second kappa shape index (κ2) is 14.0. The standard InChI is InChI=1S/C30H35Cl2N3O4S/c1-5-18-33-30(37)27(6-2)34(19-23-12-14-24(31)15-13-23)29(36)20-35(28-9-7-8-26(32)22(28)4)40(38,39)25-16-10-21(3)11-17-25/h7-17,27H,5-6,18-20H2,1-4H3,(H,33,37)/t27-/m1/s1.